The standard InChI is InChI=1S/C16H20N6O2/c1-12-7-20-13(8-19-12)15(23)21(2)10-16(24)3-6-22(11-16)14-9-17-4-5-18-14/h4-5,7-9,24H,3,6,10-11H2,1-2H3/t16-/m1/s1. The lowest BCUT2D eigenvalue weighted by Gasteiger charge is -2.28. The topological polar surface area (TPSA) is 95.3 Å². The van der Waals surface area contributed by atoms with Gasteiger partial charge in [0.05, 0.1) is 24.6 Å². The van der Waals surface area contributed by atoms with Crippen LogP contribution in [0.4, 0.5) is 5.82 Å². The minimum atomic E-state index is -0.986. The van der Waals surface area contributed by atoms with Crippen molar-refractivity contribution in [3.63, 3.8) is 0 Å². The Kier molecular flexibility index (Phi) is 4.39. The van der Waals surface area contributed by atoms with Crippen molar-refractivity contribution in [2.45, 2.75) is 18.9 Å². The van der Waals surface area contributed by atoms with E-state index in [0.717, 1.165) is 11.5 Å². The van der Waals surface area contributed by atoms with Crippen molar-refractivity contribution in [1.29, 1.82) is 0 Å². The summed E-state index contributed by atoms with van der Waals surface area (Å²) in [4.78, 5) is 32.3. The van der Waals surface area contributed by atoms with Crippen LogP contribution in [0.3, 0.4) is 0 Å². The first-order chi connectivity index (χ1) is 11.5. The number of aryl methyl sites for hydroxylation is 1. The molecule has 0 radical (unpaired) electrons. The zero-order valence-electron chi connectivity index (χ0n) is 13.8. The van der Waals surface area contributed by atoms with Crippen LogP contribution < -0.4 is 4.90 Å². The second kappa shape index (κ2) is 6.48. The van der Waals surface area contributed by atoms with Crippen molar-refractivity contribution in [3.8, 4) is 0 Å². The molecule has 0 unspecified atom stereocenters. The summed E-state index contributed by atoms with van der Waals surface area (Å²) in [5.41, 5.74) is 0.0405. The average Bonchev–Trinajstić information content (AvgIpc) is 2.97. The molecule has 2 aromatic rings. The van der Waals surface area contributed by atoms with Crippen LogP contribution in [0.1, 0.15) is 22.6 Å². The molecule has 1 aliphatic heterocycles. The number of carbonyl (C=O) groups is 1. The Morgan fingerprint density at radius 1 is 1.29 bits per heavy atom. The maximum absolute atomic E-state index is 12.4. The van der Waals surface area contributed by atoms with E-state index in [9.17, 15) is 9.90 Å². The van der Waals surface area contributed by atoms with Crippen LogP contribution in [0.25, 0.3) is 0 Å². The maximum atomic E-state index is 12.4. The Labute approximate surface area is 140 Å². The van der Waals surface area contributed by atoms with Crippen molar-refractivity contribution in [1.82, 2.24) is 24.8 Å². The second-order valence-electron chi connectivity index (χ2n) is 6.16. The first kappa shape index (κ1) is 16.3. The molecule has 1 fully saturated rings. The summed E-state index contributed by atoms with van der Waals surface area (Å²) in [6.07, 6.45) is 8.47. The van der Waals surface area contributed by atoms with E-state index in [0.29, 0.717) is 19.5 Å². The Bertz CT molecular complexity index is 708. The molecule has 2 aromatic heterocycles. The molecule has 0 aliphatic carbocycles. The van der Waals surface area contributed by atoms with Gasteiger partial charge >= 0.3 is 0 Å². The van der Waals surface area contributed by atoms with Gasteiger partial charge in [0.1, 0.15) is 17.1 Å². The SMILES string of the molecule is Cc1cnc(C(=O)N(C)C[C@]2(O)CCN(c3cnccn3)C2)cn1. The molecule has 24 heavy (non-hydrogen) atoms. The number of hydrogen-bond acceptors (Lipinski definition) is 7. The number of amides is 1. The normalized spacial score (nSPS) is 20.2. The van der Waals surface area contributed by atoms with Crippen molar-refractivity contribution in [2.24, 2.45) is 0 Å². The van der Waals surface area contributed by atoms with Crippen LogP contribution in [0.15, 0.2) is 31.0 Å². The van der Waals surface area contributed by atoms with E-state index < -0.39 is 5.60 Å². The summed E-state index contributed by atoms with van der Waals surface area (Å²) in [5, 5.41) is 10.8. The number of aliphatic hydroxyl groups is 1. The number of rotatable bonds is 4. The third-order valence-electron chi connectivity index (χ3n) is 4.08. The van der Waals surface area contributed by atoms with Crippen LogP contribution in [0.2, 0.25) is 0 Å². The van der Waals surface area contributed by atoms with Gasteiger partial charge in [-0.3, -0.25) is 14.8 Å². The monoisotopic (exact) mass is 328 g/mol. The molecular formula is C16H20N6O2. The molecule has 126 valence electrons. The van der Waals surface area contributed by atoms with E-state index in [1.54, 1.807) is 31.8 Å². The quantitative estimate of drug-likeness (QED) is 0.861. The van der Waals surface area contributed by atoms with Gasteiger partial charge in [0.15, 0.2) is 0 Å². The van der Waals surface area contributed by atoms with E-state index >= 15 is 0 Å². The molecule has 3 heterocycles. The van der Waals surface area contributed by atoms with E-state index in [1.807, 2.05) is 11.8 Å². The lowest BCUT2D eigenvalue weighted by molar-refractivity contribution is 0.0261. The van der Waals surface area contributed by atoms with Crippen molar-refractivity contribution < 1.29 is 9.90 Å². The van der Waals surface area contributed by atoms with Crippen molar-refractivity contribution >= 4 is 11.7 Å². The van der Waals surface area contributed by atoms with Crippen molar-refractivity contribution in [2.75, 3.05) is 31.6 Å². The maximum Gasteiger partial charge on any atom is 0.273 e. The Morgan fingerprint density at radius 2 is 2.12 bits per heavy atom. The van der Waals surface area contributed by atoms with Gasteiger partial charge in [0.25, 0.3) is 5.91 Å². The minimum Gasteiger partial charge on any atom is -0.386 e. The van der Waals surface area contributed by atoms with Gasteiger partial charge in [-0.15, -0.1) is 0 Å². The van der Waals surface area contributed by atoms with Gasteiger partial charge in [-0.1, -0.05) is 0 Å². The number of aromatic nitrogens is 4. The zero-order chi connectivity index (χ0) is 17.2. The Morgan fingerprint density at radius 3 is 2.79 bits per heavy atom. The van der Waals surface area contributed by atoms with Crippen LogP contribution >= 0.6 is 0 Å². The summed E-state index contributed by atoms with van der Waals surface area (Å²) >= 11 is 0. The predicted octanol–water partition coefficient (Wildman–Crippen LogP) is 0.288. The summed E-state index contributed by atoms with van der Waals surface area (Å²) in [6, 6.07) is 0. The first-order valence-corrected chi connectivity index (χ1v) is 7.74. The second-order valence-corrected chi connectivity index (χ2v) is 6.16. The largest absolute Gasteiger partial charge is 0.386 e. The number of hydrogen-bond donors (Lipinski definition) is 1. The molecule has 3 rings (SSSR count). The Balaban J connectivity index is 1.64. The van der Waals surface area contributed by atoms with E-state index in [1.165, 1.54) is 11.1 Å². The molecule has 1 saturated heterocycles. The molecule has 1 amide bonds. The number of likely N-dealkylation sites (N-methyl/N-ethyl adjacent to an activating group) is 1. The highest BCUT2D eigenvalue weighted by atomic mass is 16.3. The summed E-state index contributed by atoms with van der Waals surface area (Å²) < 4.78 is 0. The summed E-state index contributed by atoms with van der Waals surface area (Å²) in [7, 11) is 1.66. The van der Waals surface area contributed by atoms with Gasteiger partial charge < -0.3 is 14.9 Å². The fourth-order valence-electron chi connectivity index (χ4n) is 2.85. The molecular weight excluding hydrogens is 308 g/mol. The predicted molar refractivity (Wildman–Crippen MR) is 87.5 cm³/mol. The van der Waals surface area contributed by atoms with Gasteiger partial charge in [0.2, 0.25) is 0 Å². The number of β-amino-alcohol motifs (C(OH)–C–C–N with tert-alkyl or cyclic N) is 1. The molecule has 0 aromatic carbocycles. The van der Waals surface area contributed by atoms with Gasteiger partial charge in [-0.25, -0.2) is 9.97 Å². The van der Waals surface area contributed by atoms with Crippen LogP contribution in [0, 0.1) is 6.92 Å². The highest BCUT2D eigenvalue weighted by molar-refractivity contribution is 5.91. The lowest BCUT2D eigenvalue weighted by Crippen LogP contribution is -2.46. The molecule has 1 atom stereocenters. The molecule has 8 heteroatoms. The molecule has 0 spiro atoms. The number of nitrogens with zero attached hydrogens (tertiary/aromatic N) is 6. The lowest BCUT2D eigenvalue weighted by atomic mass is 10.0. The van der Waals surface area contributed by atoms with Gasteiger partial charge in [-0.2, -0.15) is 0 Å². The third-order valence-corrected chi connectivity index (χ3v) is 4.08. The summed E-state index contributed by atoms with van der Waals surface area (Å²) in [5.74, 6) is 0.473. The smallest absolute Gasteiger partial charge is 0.273 e. The average molecular weight is 328 g/mol. The fourth-order valence-corrected chi connectivity index (χ4v) is 2.85. The molecule has 1 N–H and O–H groups in total. The fraction of sp³-hybridized carbons (Fsp3) is 0.438. The highest BCUT2D eigenvalue weighted by Gasteiger charge is 2.38. The summed E-state index contributed by atoms with van der Waals surface area (Å²) in [6.45, 7) is 3.11. The van der Waals surface area contributed by atoms with Crippen LogP contribution in [-0.2, 0) is 0 Å². The molecule has 0 saturated carbocycles. The zero-order valence-corrected chi connectivity index (χ0v) is 13.8. The first-order valence-electron chi connectivity index (χ1n) is 7.74. The van der Waals surface area contributed by atoms with Crippen LogP contribution in [0.5, 0.6) is 0 Å². The molecule has 0 bridgehead atoms. The Hall–Kier alpha value is -2.61. The van der Waals surface area contributed by atoms with Gasteiger partial charge in [0, 0.05) is 38.7 Å². The highest BCUT2D eigenvalue weighted by Crippen LogP contribution is 2.25. The number of carbonyl (C=O) groups excluding carboxylic acids is 1. The van der Waals surface area contributed by atoms with Gasteiger partial charge in [-0.05, 0) is 13.3 Å². The third kappa shape index (κ3) is 3.48. The minimum absolute atomic E-state index is 0.220. The van der Waals surface area contributed by atoms with E-state index in [2.05, 4.69) is 19.9 Å². The van der Waals surface area contributed by atoms with Crippen molar-refractivity contribution in [3.05, 3.63) is 42.4 Å². The number of anilines is 1. The van der Waals surface area contributed by atoms with E-state index in [-0.39, 0.29) is 18.1 Å². The van der Waals surface area contributed by atoms with E-state index in [4.69, 9.17) is 0 Å². The van der Waals surface area contributed by atoms with Crippen LogP contribution in [-0.4, -0.2) is 68.1 Å². The molecule has 8 nitrogen and oxygen atoms in total. The molecule has 1 aliphatic rings.